The molecule has 0 saturated heterocycles. The van der Waals surface area contributed by atoms with Crippen LogP contribution in [0.1, 0.15) is 19.4 Å². The number of anilines is 2. The van der Waals surface area contributed by atoms with Gasteiger partial charge in [-0.05, 0) is 43.7 Å². The second-order valence-electron chi connectivity index (χ2n) is 5.30. The Bertz CT molecular complexity index is 607. The van der Waals surface area contributed by atoms with Crippen LogP contribution in [0.15, 0.2) is 42.6 Å². The lowest BCUT2D eigenvalue weighted by Crippen LogP contribution is -2.15. The highest BCUT2D eigenvalue weighted by Crippen LogP contribution is 2.14. The van der Waals surface area contributed by atoms with Gasteiger partial charge in [-0.1, -0.05) is 12.1 Å². The molecule has 0 saturated carbocycles. The fraction of sp³-hybridized carbons (Fsp3) is 0.294. The number of benzene rings is 1. The second-order valence-corrected chi connectivity index (χ2v) is 5.30. The van der Waals surface area contributed by atoms with Gasteiger partial charge in [0.25, 0.3) is 0 Å². The van der Waals surface area contributed by atoms with Crippen LogP contribution in [0.2, 0.25) is 0 Å². The van der Waals surface area contributed by atoms with Gasteiger partial charge < -0.3 is 15.4 Å². The molecule has 22 heavy (non-hydrogen) atoms. The Balaban J connectivity index is 1.90. The molecule has 2 rings (SSSR count). The van der Waals surface area contributed by atoms with Crippen LogP contribution in [0.5, 0.6) is 5.75 Å². The number of ether oxygens (including phenoxy) is 1. The highest BCUT2D eigenvalue weighted by Gasteiger charge is 2.05. The third-order valence-corrected chi connectivity index (χ3v) is 3.01. The lowest BCUT2D eigenvalue weighted by Gasteiger charge is -2.10. The van der Waals surface area contributed by atoms with Crippen molar-refractivity contribution in [3.63, 3.8) is 0 Å². The van der Waals surface area contributed by atoms with Gasteiger partial charge in [-0.3, -0.25) is 4.79 Å². The summed E-state index contributed by atoms with van der Waals surface area (Å²) in [6.07, 6.45) is 1.96. The molecule has 0 fully saturated rings. The molecule has 0 bridgehead atoms. The number of carbonyl (C=O) groups excluding carboxylic acids is 1. The van der Waals surface area contributed by atoms with Crippen molar-refractivity contribution >= 4 is 17.4 Å². The molecular formula is C17H21N3O2. The van der Waals surface area contributed by atoms with Crippen LogP contribution in [-0.2, 0) is 11.2 Å². The fourth-order valence-corrected chi connectivity index (χ4v) is 1.98. The maximum Gasteiger partial charge on any atom is 0.228 e. The average molecular weight is 299 g/mol. The van der Waals surface area contributed by atoms with Crippen LogP contribution in [0.25, 0.3) is 0 Å². The number of hydrogen-bond acceptors (Lipinski definition) is 4. The molecule has 0 aliphatic rings. The number of methoxy groups -OCH3 is 1. The minimum absolute atomic E-state index is 0.0727. The molecule has 1 aromatic carbocycles. The van der Waals surface area contributed by atoms with Crippen LogP contribution in [-0.4, -0.2) is 24.0 Å². The number of amides is 1. The third kappa shape index (κ3) is 4.77. The van der Waals surface area contributed by atoms with Gasteiger partial charge in [0, 0.05) is 6.04 Å². The number of aromatic nitrogens is 1. The zero-order chi connectivity index (χ0) is 15.9. The lowest BCUT2D eigenvalue weighted by molar-refractivity contribution is -0.115. The lowest BCUT2D eigenvalue weighted by atomic mass is 10.1. The Kier molecular flexibility index (Phi) is 5.36. The van der Waals surface area contributed by atoms with E-state index in [1.807, 2.05) is 50.2 Å². The van der Waals surface area contributed by atoms with E-state index in [1.165, 1.54) is 0 Å². The molecule has 5 heteroatoms. The largest absolute Gasteiger partial charge is 0.497 e. The van der Waals surface area contributed by atoms with Crippen molar-refractivity contribution in [3.05, 3.63) is 48.2 Å². The van der Waals surface area contributed by atoms with E-state index in [0.29, 0.717) is 18.2 Å². The maximum atomic E-state index is 12.0. The molecule has 5 nitrogen and oxygen atoms in total. The van der Waals surface area contributed by atoms with Crippen molar-refractivity contribution < 1.29 is 9.53 Å². The van der Waals surface area contributed by atoms with Gasteiger partial charge in [0.2, 0.25) is 5.91 Å². The first-order chi connectivity index (χ1) is 10.6. The summed E-state index contributed by atoms with van der Waals surface area (Å²) in [6, 6.07) is 11.5. The topological polar surface area (TPSA) is 63.2 Å². The summed E-state index contributed by atoms with van der Waals surface area (Å²) in [7, 11) is 1.62. The minimum Gasteiger partial charge on any atom is -0.497 e. The highest BCUT2D eigenvalue weighted by atomic mass is 16.5. The number of rotatable bonds is 6. The SMILES string of the molecule is COc1ccc(CC(=O)Nc2ccc(NC(C)C)nc2)cc1. The molecule has 1 aromatic heterocycles. The molecule has 1 amide bonds. The average Bonchev–Trinajstić information content (AvgIpc) is 2.49. The van der Waals surface area contributed by atoms with E-state index >= 15 is 0 Å². The maximum absolute atomic E-state index is 12.0. The Morgan fingerprint density at radius 1 is 1.18 bits per heavy atom. The van der Waals surface area contributed by atoms with E-state index in [0.717, 1.165) is 17.1 Å². The Labute approximate surface area is 130 Å². The fourth-order valence-electron chi connectivity index (χ4n) is 1.98. The molecule has 0 aliphatic heterocycles. The Hall–Kier alpha value is -2.56. The van der Waals surface area contributed by atoms with Crippen molar-refractivity contribution in [2.45, 2.75) is 26.3 Å². The van der Waals surface area contributed by atoms with Crippen LogP contribution in [0.4, 0.5) is 11.5 Å². The summed E-state index contributed by atoms with van der Waals surface area (Å²) in [4.78, 5) is 16.3. The van der Waals surface area contributed by atoms with E-state index < -0.39 is 0 Å². The minimum atomic E-state index is -0.0727. The number of nitrogens with zero attached hydrogens (tertiary/aromatic N) is 1. The molecule has 116 valence electrons. The number of hydrogen-bond donors (Lipinski definition) is 2. The Morgan fingerprint density at radius 2 is 1.91 bits per heavy atom. The van der Waals surface area contributed by atoms with E-state index in [1.54, 1.807) is 13.3 Å². The first-order valence-corrected chi connectivity index (χ1v) is 7.22. The quantitative estimate of drug-likeness (QED) is 0.860. The number of carbonyl (C=O) groups is 1. The Morgan fingerprint density at radius 3 is 2.45 bits per heavy atom. The van der Waals surface area contributed by atoms with E-state index in [-0.39, 0.29) is 5.91 Å². The summed E-state index contributed by atoms with van der Waals surface area (Å²) >= 11 is 0. The standard InChI is InChI=1S/C17H21N3O2/c1-12(2)19-16-9-6-14(11-18-16)20-17(21)10-13-4-7-15(22-3)8-5-13/h4-9,11-12H,10H2,1-3H3,(H,18,19)(H,20,21). The predicted octanol–water partition coefficient (Wildman–Crippen LogP) is 3.09. The second kappa shape index (κ2) is 7.45. The van der Waals surface area contributed by atoms with Gasteiger partial charge in [0.15, 0.2) is 0 Å². The van der Waals surface area contributed by atoms with E-state index in [9.17, 15) is 4.79 Å². The van der Waals surface area contributed by atoms with Gasteiger partial charge in [0.1, 0.15) is 11.6 Å². The summed E-state index contributed by atoms with van der Waals surface area (Å²) in [6.45, 7) is 4.10. The van der Waals surface area contributed by atoms with Crippen LogP contribution < -0.4 is 15.4 Å². The number of pyridine rings is 1. The van der Waals surface area contributed by atoms with Gasteiger partial charge in [-0.15, -0.1) is 0 Å². The summed E-state index contributed by atoms with van der Waals surface area (Å²) in [5.74, 6) is 1.50. The summed E-state index contributed by atoms with van der Waals surface area (Å²) in [5, 5.41) is 6.04. The monoisotopic (exact) mass is 299 g/mol. The van der Waals surface area contributed by atoms with Gasteiger partial charge >= 0.3 is 0 Å². The third-order valence-electron chi connectivity index (χ3n) is 3.01. The van der Waals surface area contributed by atoms with Crippen molar-refractivity contribution in [3.8, 4) is 5.75 Å². The van der Waals surface area contributed by atoms with Crippen LogP contribution in [0, 0.1) is 0 Å². The molecule has 0 aliphatic carbocycles. The summed E-state index contributed by atoms with van der Waals surface area (Å²) < 4.78 is 5.09. The highest BCUT2D eigenvalue weighted by molar-refractivity contribution is 5.92. The van der Waals surface area contributed by atoms with Gasteiger partial charge in [-0.2, -0.15) is 0 Å². The molecule has 2 N–H and O–H groups in total. The van der Waals surface area contributed by atoms with Crippen molar-refractivity contribution in [1.29, 1.82) is 0 Å². The molecule has 2 aromatic rings. The predicted molar refractivity (Wildman–Crippen MR) is 88.3 cm³/mol. The zero-order valence-electron chi connectivity index (χ0n) is 13.1. The smallest absolute Gasteiger partial charge is 0.228 e. The first-order valence-electron chi connectivity index (χ1n) is 7.22. The van der Waals surface area contributed by atoms with Crippen LogP contribution in [0.3, 0.4) is 0 Å². The van der Waals surface area contributed by atoms with Gasteiger partial charge in [0.05, 0.1) is 25.4 Å². The van der Waals surface area contributed by atoms with Crippen LogP contribution >= 0.6 is 0 Å². The summed E-state index contributed by atoms with van der Waals surface area (Å²) in [5.41, 5.74) is 1.62. The van der Waals surface area contributed by atoms with E-state index in [4.69, 9.17) is 4.74 Å². The van der Waals surface area contributed by atoms with Crippen molar-refractivity contribution in [2.75, 3.05) is 17.7 Å². The molecule has 0 spiro atoms. The van der Waals surface area contributed by atoms with E-state index in [2.05, 4.69) is 15.6 Å². The van der Waals surface area contributed by atoms with Gasteiger partial charge in [-0.25, -0.2) is 4.98 Å². The van der Waals surface area contributed by atoms with Crippen molar-refractivity contribution in [1.82, 2.24) is 4.98 Å². The van der Waals surface area contributed by atoms with Crippen molar-refractivity contribution in [2.24, 2.45) is 0 Å². The molecule has 0 atom stereocenters. The zero-order valence-corrected chi connectivity index (χ0v) is 13.1. The molecule has 0 unspecified atom stereocenters. The first kappa shape index (κ1) is 15.8. The number of nitrogens with one attached hydrogen (secondary N) is 2. The molecule has 1 heterocycles. The molecule has 0 radical (unpaired) electrons. The normalized spacial score (nSPS) is 10.4. The molecular weight excluding hydrogens is 278 g/mol.